The number of ether oxygens (including phenoxy) is 3. The Morgan fingerprint density at radius 1 is 0.804 bits per heavy atom. The van der Waals surface area contributed by atoms with Gasteiger partial charge < -0.3 is 19.5 Å². The van der Waals surface area contributed by atoms with E-state index in [1.165, 1.54) is 30.5 Å². The van der Waals surface area contributed by atoms with E-state index in [9.17, 15) is 22.8 Å². The first-order valence-corrected chi connectivity index (χ1v) is 16.1. The number of nitrogens with zero attached hydrogens (tertiary/aromatic N) is 1. The summed E-state index contributed by atoms with van der Waals surface area (Å²) < 4.78 is 44.1. The molecular weight excluding hydrogens is 610 g/mol. The summed E-state index contributed by atoms with van der Waals surface area (Å²) in [4.78, 5) is 41.6. The van der Waals surface area contributed by atoms with Gasteiger partial charge in [-0.2, -0.15) is 0 Å². The number of hydrogen-bond acceptors (Lipinski definition) is 9. The van der Waals surface area contributed by atoms with Gasteiger partial charge in [0, 0.05) is 18.3 Å². The molecule has 0 spiro atoms. The third-order valence-electron chi connectivity index (χ3n) is 6.77. The number of aryl methyl sites for hydroxylation is 1. The van der Waals surface area contributed by atoms with E-state index >= 15 is 0 Å². The zero-order valence-electron chi connectivity index (χ0n) is 25.7. The van der Waals surface area contributed by atoms with Crippen LogP contribution in [-0.2, 0) is 27.8 Å². The Morgan fingerprint density at radius 3 is 2.17 bits per heavy atom. The molecule has 1 heterocycles. The summed E-state index contributed by atoms with van der Waals surface area (Å²) in [7, 11) is -4.17. The van der Waals surface area contributed by atoms with Crippen molar-refractivity contribution in [2.75, 3.05) is 19.8 Å². The highest BCUT2D eigenvalue weighted by molar-refractivity contribution is 7.90. The Labute approximate surface area is 268 Å². The molecule has 0 aliphatic carbocycles. The minimum atomic E-state index is -4.17. The van der Waals surface area contributed by atoms with E-state index in [4.69, 9.17) is 14.2 Å². The standard InChI is InChI=1S/C34H35N3O8S/c1-4-43-30-17-13-25(20-31(30)44-5-2)32(38)35-19-18-24-10-15-28(16-11-24)46(41,42)37-33(39)26-12-14-27(36-21-26)22-45-34(40)29-9-7-6-8-23(29)3/h6-17,20-21H,4-5,18-19,22H2,1-3H3,(H,35,38)(H,37,39). The highest BCUT2D eigenvalue weighted by atomic mass is 32.2. The monoisotopic (exact) mass is 645 g/mol. The lowest BCUT2D eigenvalue weighted by Gasteiger charge is -2.12. The first kappa shape index (κ1) is 33.7. The molecule has 11 nitrogen and oxygen atoms in total. The molecule has 0 radical (unpaired) electrons. The summed E-state index contributed by atoms with van der Waals surface area (Å²) >= 11 is 0. The molecule has 0 aliphatic heterocycles. The summed E-state index contributed by atoms with van der Waals surface area (Å²) in [6.07, 6.45) is 1.66. The van der Waals surface area contributed by atoms with E-state index in [0.29, 0.717) is 54.5 Å². The fourth-order valence-electron chi connectivity index (χ4n) is 4.35. The number of rotatable bonds is 14. The molecule has 0 aliphatic rings. The Bertz CT molecular complexity index is 1790. The zero-order chi connectivity index (χ0) is 33.1. The molecular formula is C34H35N3O8S. The molecule has 1 aromatic heterocycles. The van der Waals surface area contributed by atoms with Crippen LogP contribution in [0.5, 0.6) is 11.5 Å². The molecule has 2 amide bonds. The van der Waals surface area contributed by atoms with Gasteiger partial charge in [0.25, 0.3) is 21.8 Å². The largest absolute Gasteiger partial charge is 0.490 e. The van der Waals surface area contributed by atoms with E-state index in [0.717, 1.165) is 11.1 Å². The molecule has 46 heavy (non-hydrogen) atoms. The predicted molar refractivity (Wildman–Crippen MR) is 170 cm³/mol. The van der Waals surface area contributed by atoms with Crippen LogP contribution in [0.25, 0.3) is 0 Å². The van der Waals surface area contributed by atoms with Crippen LogP contribution in [0.1, 0.15) is 61.7 Å². The fourth-order valence-corrected chi connectivity index (χ4v) is 5.33. The quantitative estimate of drug-likeness (QED) is 0.187. The van der Waals surface area contributed by atoms with Crippen molar-refractivity contribution in [3.05, 3.63) is 119 Å². The van der Waals surface area contributed by atoms with Crippen LogP contribution in [-0.4, -0.2) is 50.9 Å². The SMILES string of the molecule is CCOc1ccc(C(=O)NCCc2ccc(S(=O)(=O)NC(=O)c3ccc(COC(=O)c4ccccc4C)nc3)cc2)cc1OCC. The molecule has 0 saturated heterocycles. The molecule has 4 rings (SSSR count). The van der Waals surface area contributed by atoms with Gasteiger partial charge in [-0.25, -0.2) is 17.9 Å². The number of hydrogen-bond donors (Lipinski definition) is 2. The van der Waals surface area contributed by atoms with Crippen LogP contribution in [0.3, 0.4) is 0 Å². The van der Waals surface area contributed by atoms with Gasteiger partial charge in [0.05, 0.1) is 34.9 Å². The molecule has 240 valence electrons. The van der Waals surface area contributed by atoms with Gasteiger partial charge in [0.15, 0.2) is 11.5 Å². The van der Waals surface area contributed by atoms with Crippen LogP contribution >= 0.6 is 0 Å². The second-order valence-corrected chi connectivity index (χ2v) is 11.7. The maximum absolute atomic E-state index is 12.8. The molecule has 0 fully saturated rings. The third kappa shape index (κ3) is 8.91. The van der Waals surface area contributed by atoms with Gasteiger partial charge in [0.2, 0.25) is 0 Å². The Kier molecular flexibility index (Phi) is 11.5. The molecule has 4 aromatic rings. The molecule has 12 heteroatoms. The summed E-state index contributed by atoms with van der Waals surface area (Å²) in [6, 6.07) is 20.9. The van der Waals surface area contributed by atoms with Crippen LogP contribution in [0.4, 0.5) is 0 Å². The lowest BCUT2D eigenvalue weighted by Crippen LogP contribution is -2.30. The number of nitrogens with one attached hydrogen (secondary N) is 2. The molecule has 0 bridgehead atoms. The molecule has 0 saturated carbocycles. The number of esters is 1. The molecule has 3 aromatic carbocycles. The number of carbonyl (C=O) groups excluding carboxylic acids is 3. The second-order valence-electron chi connectivity index (χ2n) is 10.0. The first-order chi connectivity index (χ1) is 22.1. The van der Waals surface area contributed by atoms with Crippen molar-refractivity contribution in [3.63, 3.8) is 0 Å². The normalized spacial score (nSPS) is 10.9. The minimum absolute atomic E-state index is 0.0193. The van der Waals surface area contributed by atoms with Crippen LogP contribution in [0.2, 0.25) is 0 Å². The van der Waals surface area contributed by atoms with Crippen molar-refractivity contribution >= 4 is 27.8 Å². The highest BCUT2D eigenvalue weighted by Gasteiger charge is 2.19. The Hall–Kier alpha value is -5.23. The molecule has 2 N–H and O–H groups in total. The number of sulfonamides is 1. The minimum Gasteiger partial charge on any atom is -0.490 e. The smallest absolute Gasteiger partial charge is 0.338 e. The number of pyridine rings is 1. The van der Waals surface area contributed by atoms with Crippen molar-refractivity contribution < 1.29 is 37.0 Å². The number of benzene rings is 3. The van der Waals surface area contributed by atoms with Gasteiger partial charge >= 0.3 is 5.97 Å². The van der Waals surface area contributed by atoms with Crippen LogP contribution in [0, 0.1) is 6.92 Å². The van der Waals surface area contributed by atoms with Crippen molar-refractivity contribution in [1.29, 1.82) is 0 Å². The van der Waals surface area contributed by atoms with Gasteiger partial charge in [-0.05, 0) is 86.8 Å². The maximum atomic E-state index is 12.8. The summed E-state index contributed by atoms with van der Waals surface area (Å²) in [5.74, 6) is -0.577. The highest BCUT2D eigenvalue weighted by Crippen LogP contribution is 2.28. The van der Waals surface area contributed by atoms with E-state index in [-0.39, 0.29) is 23.0 Å². The number of amides is 2. The van der Waals surface area contributed by atoms with E-state index in [2.05, 4.69) is 10.3 Å². The average Bonchev–Trinajstić information content (AvgIpc) is 3.05. The topological polar surface area (TPSA) is 150 Å². The van der Waals surface area contributed by atoms with Gasteiger partial charge in [0.1, 0.15) is 6.61 Å². The number of carbonyl (C=O) groups is 3. The van der Waals surface area contributed by atoms with Crippen LogP contribution in [0.15, 0.2) is 90.0 Å². The lowest BCUT2D eigenvalue weighted by atomic mass is 10.1. The zero-order valence-corrected chi connectivity index (χ0v) is 26.6. The van der Waals surface area contributed by atoms with Gasteiger partial charge in [-0.3, -0.25) is 14.6 Å². The van der Waals surface area contributed by atoms with Crippen molar-refractivity contribution in [3.8, 4) is 11.5 Å². The maximum Gasteiger partial charge on any atom is 0.338 e. The Balaban J connectivity index is 1.27. The first-order valence-electron chi connectivity index (χ1n) is 14.6. The summed E-state index contributed by atoms with van der Waals surface area (Å²) in [5, 5.41) is 2.84. The molecule has 0 unspecified atom stereocenters. The van der Waals surface area contributed by atoms with Crippen molar-refractivity contribution in [2.45, 2.75) is 38.7 Å². The van der Waals surface area contributed by atoms with Crippen LogP contribution < -0.4 is 19.5 Å². The predicted octanol–water partition coefficient (Wildman–Crippen LogP) is 4.64. The fraction of sp³-hybridized carbons (Fsp3) is 0.235. The summed E-state index contributed by atoms with van der Waals surface area (Å²) in [5.41, 5.74) is 2.85. The second kappa shape index (κ2) is 15.7. The third-order valence-corrected chi connectivity index (χ3v) is 8.12. The summed E-state index contributed by atoms with van der Waals surface area (Å²) in [6.45, 7) is 6.62. The van der Waals surface area contributed by atoms with E-state index < -0.39 is 21.9 Å². The Morgan fingerprint density at radius 2 is 1.50 bits per heavy atom. The average molecular weight is 646 g/mol. The van der Waals surface area contributed by atoms with Gasteiger partial charge in [-0.1, -0.05) is 30.3 Å². The van der Waals surface area contributed by atoms with Crippen molar-refractivity contribution in [1.82, 2.24) is 15.0 Å². The lowest BCUT2D eigenvalue weighted by molar-refractivity contribution is 0.0466. The number of aromatic nitrogens is 1. The van der Waals surface area contributed by atoms with E-state index in [1.54, 1.807) is 55.5 Å². The van der Waals surface area contributed by atoms with Gasteiger partial charge in [-0.15, -0.1) is 0 Å². The van der Waals surface area contributed by atoms with E-state index in [1.807, 2.05) is 24.6 Å². The van der Waals surface area contributed by atoms with Crippen molar-refractivity contribution in [2.24, 2.45) is 0 Å². The molecule has 0 atom stereocenters.